The summed E-state index contributed by atoms with van der Waals surface area (Å²) in [4.78, 5) is 39.7. The van der Waals surface area contributed by atoms with Crippen LogP contribution in [0.3, 0.4) is 0 Å². The zero-order chi connectivity index (χ0) is 26.6. The third kappa shape index (κ3) is 5.82. The summed E-state index contributed by atoms with van der Waals surface area (Å²) >= 11 is 4.40. The van der Waals surface area contributed by atoms with E-state index in [1.807, 2.05) is 73.7 Å². The second-order valence-electron chi connectivity index (χ2n) is 8.80. The first-order valence-corrected chi connectivity index (χ1v) is 13.5. The second-order valence-corrected chi connectivity index (χ2v) is 10.6. The van der Waals surface area contributed by atoms with Gasteiger partial charge in [0.05, 0.1) is 15.9 Å². The molecule has 4 aromatic rings. The largest absolute Gasteiger partial charge is 0.483 e. The van der Waals surface area contributed by atoms with Crippen molar-refractivity contribution in [2.24, 2.45) is 0 Å². The van der Waals surface area contributed by atoms with Gasteiger partial charge in [-0.2, -0.15) is 0 Å². The van der Waals surface area contributed by atoms with Crippen molar-refractivity contribution in [1.29, 1.82) is 0 Å². The van der Waals surface area contributed by atoms with Gasteiger partial charge in [0.1, 0.15) is 5.75 Å². The number of imide groups is 1. The van der Waals surface area contributed by atoms with Crippen molar-refractivity contribution in [1.82, 2.24) is 4.90 Å². The van der Waals surface area contributed by atoms with E-state index in [0.717, 1.165) is 39.2 Å². The molecule has 38 heavy (non-hydrogen) atoms. The Morgan fingerprint density at radius 1 is 1.00 bits per heavy atom. The van der Waals surface area contributed by atoms with Gasteiger partial charge < -0.3 is 10.1 Å². The molecule has 1 aliphatic rings. The van der Waals surface area contributed by atoms with Crippen molar-refractivity contribution in [3.8, 4) is 5.75 Å². The van der Waals surface area contributed by atoms with Crippen molar-refractivity contribution >= 4 is 67.3 Å². The normalized spacial score (nSPS) is 14.4. The van der Waals surface area contributed by atoms with E-state index in [0.29, 0.717) is 20.8 Å². The molecule has 1 saturated heterocycles. The highest BCUT2D eigenvalue weighted by atomic mass is 79.9. The Kier molecular flexibility index (Phi) is 7.62. The topological polar surface area (TPSA) is 75.7 Å². The van der Waals surface area contributed by atoms with E-state index < -0.39 is 0 Å². The summed E-state index contributed by atoms with van der Waals surface area (Å²) in [6, 6.07) is 26.6. The minimum Gasteiger partial charge on any atom is -0.483 e. The quantitative estimate of drug-likeness (QED) is 0.232. The zero-order valence-corrected chi connectivity index (χ0v) is 22.8. The number of carbonyl (C=O) groups is 3. The minimum atomic E-state index is -0.322. The van der Waals surface area contributed by atoms with E-state index in [9.17, 15) is 14.4 Å². The fourth-order valence-electron chi connectivity index (χ4n) is 4.09. The van der Waals surface area contributed by atoms with Crippen LogP contribution in [0.2, 0.25) is 0 Å². The average molecular weight is 587 g/mol. The van der Waals surface area contributed by atoms with Crippen molar-refractivity contribution in [2.75, 3.05) is 11.9 Å². The Labute approximate surface area is 232 Å². The van der Waals surface area contributed by atoms with E-state index in [1.54, 1.807) is 24.3 Å². The van der Waals surface area contributed by atoms with E-state index in [2.05, 4.69) is 21.2 Å². The summed E-state index contributed by atoms with van der Waals surface area (Å²) in [5.41, 5.74) is 3.46. The maximum atomic E-state index is 13.1. The first-order chi connectivity index (χ1) is 18.4. The third-order valence-corrected chi connectivity index (χ3v) is 7.56. The highest BCUT2D eigenvalue weighted by Crippen LogP contribution is 2.35. The molecule has 0 saturated carbocycles. The maximum Gasteiger partial charge on any atom is 0.293 e. The predicted molar refractivity (Wildman–Crippen MR) is 155 cm³/mol. The van der Waals surface area contributed by atoms with Crippen molar-refractivity contribution < 1.29 is 19.1 Å². The Bertz CT molecular complexity index is 1580. The number of aryl methyl sites for hydroxylation is 1. The number of halogens is 1. The molecule has 1 fully saturated rings. The van der Waals surface area contributed by atoms with Gasteiger partial charge in [0.25, 0.3) is 17.1 Å². The number of ether oxygens (including phenoxy) is 1. The molecule has 3 amide bonds. The monoisotopic (exact) mass is 586 g/mol. The van der Waals surface area contributed by atoms with Crippen molar-refractivity contribution in [3.63, 3.8) is 0 Å². The number of hydrogen-bond donors (Lipinski definition) is 1. The van der Waals surface area contributed by atoms with Crippen molar-refractivity contribution in [3.05, 3.63) is 111 Å². The van der Waals surface area contributed by atoms with Crippen LogP contribution in [0.1, 0.15) is 16.7 Å². The average Bonchev–Trinajstić information content (AvgIpc) is 3.17. The number of carbonyl (C=O) groups excluding carboxylic acids is 3. The number of amides is 3. The van der Waals surface area contributed by atoms with Crippen LogP contribution in [0.25, 0.3) is 16.8 Å². The van der Waals surface area contributed by atoms with E-state index in [1.165, 1.54) is 4.90 Å². The number of nitrogens with zero attached hydrogens (tertiary/aromatic N) is 1. The number of hydrogen-bond acceptors (Lipinski definition) is 5. The number of rotatable bonds is 7. The minimum absolute atomic E-state index is 0.154. The highest BCUT2D eigenvalue weighted by Gasteiger charge is 2.35. The molecule has 190 valence electrons. The molecule has 0 unspecified atom stereocenters. The molecule has 0 spiro atoms. The fraction of sp³-hybridized carbons (Fsp3) is 0.100. The van der Waals surface area contributed by atoms with Gasteiger partial charge in [-0.1, -0.05) is 66.2 Å². The van der Waals surface area contributed by atoms with Crippen molar-refractivity contribution in [2.45, 2.75) is 13.5 Å². The van der Waals surface area contributed by atoms with Crippen LogP contribution >= 0.6 is 27.7 Å². The van der Waals surface area contributed by atoms with Gasteiger partial charge in [-0.05, 0) is 86.9 Å². The molecule has 1 heterocycles. The zero-order valence-electron chi connectivity index (χ0n) is 20.4. The Morgan fingerprint density at radius 3 is 2.55 bits per heavy atom. The summed E-state index contributed by atoms with van der Waals surface area (Å²) in [6.07, 6.45) is 1.69. The van der Waals surface area contributed by atoms with Crippen LogP contribution < -0.4 is 10.1 Å². The maximum absolute atomic E-state index is 13.1. The lowest BCUT2D eigenvalue weighted by Gasteiger charge is -2.14. The summed E-state index contributed by atoms with van der Waals surface area (Å²) < 4.78 is 6.29. The van der Waals surface area contributed by atoms with Crippen LogP contribution in [0, 0.1) is 6.92 Å². The molecule has 0 aromatic heterocycles. The van der Waals surface area contributed by atoms with E-state index in [-0.39, 0.29) is 30.2 Å². The molecule has 0 radical (unpaired) electrons. The first kappa shape index (κ1) is 25.8. The van der Waals surface area contributed by atoms with Crippen LogP contribution in [0.15, 0.2) is 94.3 Å². The smallest absolute Gasteiger partial charge is 0.293 e. The van der Waals surface area contributed by atoms with Gasteiger partial charge in [0.15, 0.2) is 6.61 Å². The number of nitrogens with one attached hydrogen (secondary N) is 1. The van der Waals surface area contributed by atoms with Gasteiger partial charge >= 0.3 is 0 Å². The van der Waals surface area contributed by atoms with Gasteiger partial charge in [0.2, 0.25) is 0 Å². The lowest BCUT2D eigenvalue weighted by atomic mass is 10.0. The second kappa shape index (κ2) is 11.2. The van der Waals surface area contributed by atoms with E-state index >= 15 is 0 Å². The van der Waals surface area contributed by atoms with Crippen LogP contribution in [0.5, 0.6) is 5.75 Å². The summed E-state index contributed by atoms with van der Waals surface area (Å²) in [5.74, 6) is -0.105. The Hall–Kier alpha value is -3.88. The molecule has 1 N–H and O–H groups in total. The SMILES string of the molecule is Cc1ccc(NC(=O)COc2ccc(/C=C3/SC(=O)N(Cc4cccc5ccccc45)C3=O)cc2Br)cc1. The Morgan fingerprint density at radius 2 is 1.76 bits per heavy atom. The van der Waals surface area contributed by atoms with Gasteiger partial charge in [-0.3, -0.25) is 19.3 Å². The number of benzene rings is 4. The first-order valence-electron chi connectivity index (χ1n) is 11.9. The van der Waals surface area contributed by atoms with E-state index in [4.69, 9.17) is 4.74 Å². The summed E-state index contributed by atoms with van der Waals surface area (Å²) in [5, 5.41) is 4.58. The van der Waals surface area contributed by atoms with Gasteiger partial charge in [-0.25, -0.2) is 0 Å². The molecule has 0 aliphatic carbocycles. The lowest BCUT2D eigenvalue weighted by Crippen LogP contribution is -2.27. The molecule has 0 atom stereocenters. The molecular formula is C30H23BrN2O4S. The number of fused-ring (bicyclic) bond motifs is 1. The molecule has 0 bridgehead atoms. The lowest BCUT2D eigenvalue weighted by molar-refractivity contribution is -0.123. The third-order valence-electron chi connectivity index (χ3n) is 6.03. The number of anilines is 1. The molecule has 1 aliphatic heterocycles. The fourth-order valence-corrected chi connectivity index (χ4v) is 5.44. The Balaban J connectivity index is 1.24. The molecule has 8 heteroatoms. The molecule has 6 nitrogen and oxygen atoms in total. The van der Waals surface area contributed by atoms with Crippen LogP contribution in [-0.2, 0) is 16.1 Å². The highest BCUT2D eigenvalue weighted by molar-refractivity contribution is 9.10. The van der Waals surface area contributed by atoms with Crippen LogP contribution in [0.4, 0.5) is 10.5 Å². The van der Waals surface area contributed by atoms with Gasteiger partial charge in [0, 0.05) is 5.69 Å². The summed E-state index contributed by atoms with van der Waals surface area (Å²) in [6.45, 7) is 2.04. The molecule has 4 aromatic carbocycles. The molecular weight excluding hydrogens is 564 g/mol. The standard InChI is InChI=1S/C30H23BrN2O4S/c1-19-9-12-23(13-10-19)32-28(34)18-37-26-14-11-20(15-25(26)31)16-27-29(35)33(30(36)38-27)17-22-7-4-6-21-5-2-3-8-24(21)22/h2-16H,17-18H2,1H3,(H,32,34)/b27-16+. The predicted octanol–water partition coefficient (Wildman–Crippen LogP) is 7.16. The summed E-state index contributed by atoms with van der Waals surface area (Å²) in [7, 11) is 0. The van der Waals surface area contributed by atoms with Gasteiger partial charge in [-0.15, -0.1) is 0 Å². The van der Waals surface area contributed by atoms with Crippen LogP contribution in [-0.4, -0.2) is 28.6 Å². The number of thioether (sulfide) groups is 1. The molecule has 5 rings (SSSR count).